The second kappa shape index (κ2) is 7.36. The van der Waals surface area contributed by atoms with Crippen LogP contribution in [0.2, 0.25) is 0 Å². The lowest BCUT2D eigenvalue weighted by Crippen LogP contribution is -2.27. The Morgan fingerprint density at radius 3 is 2.96 bits per heavy atom. The van der Waals surface area contributed by atoms with Crippen LogP contribution in [0.4, 0.5) is 0 Å². The first-order chi connectivity index (χ1) is 12.3. The number of hydrogen-bond acceptors (Lipinski definition) is 2. The van der Waals surface area contributed by atoms with Crippen LogP contribution in [0.25, 0.3) is 10.9 Å². The number of aromatic amines is 1. The molecule has 4 heteroatoms. The second-order valence-electron chi connectivity index (χ2n) is 6.53. The standard InChI is InChI=1S/C21H22N2OS/c24-21(14-25-18-9-8-15-4-3-5-16(15)12-18)22-11-10-17-13-23-20-7-2-1-6-19(17)20/h1-2,6-9,12-13,23H,3-5,10-11,14H2,(H,22,24). The Labute approximate surface area is 152 Å². The zero-order chi connectivity index (χ0) is 17.1. The summed E-state index contributed by atoms with van der Waals surface area (Å²) in [5.74, 6) is 0.581. The number of carbonyl (C=O) groups is 1. The third-order valence-corrected chi connectivity index (χ3v) is 5.83. The van der Waals surface area contributed by atoms with Gasteiger partial charge in [0.1, 0.15) is 0 Å². The van der Waals surface area contributed by atoms with Crippen LogP contribution >= 0.6 is 11.8 Å². The van der Waals surface area contributed by atoms with Crippen molar-refractivity contribution in [2.75, 3.05) is 12.3 Å². The van der Waals surface area contributed by atoms with Crippen molar-refractivity contribution in [3.05, 3.63) is 65.4 Å². The molecule has 1 aliphatic carbocycles. The minimum Gasteiger partial charge on any atom is -0.361 e. The quantitative estimate of drug-likeness (QED) is 0.657. The summed E-state index contributed by atoms with van der Waals surface area (Å²) in [6.07, 6.45) is 6.53. The van der Waals surface area contributed by atoms with Crippen molar-refractivity contribution in [1.82, 2.24) is 10.3 Å². The molecule has 4 rings (SSSR count). The summed E-state index contributed by atoms with van der Waals surface area (Å²) in [6, 6.07) is 14.9. The molecule has 3 aromatic rings. The third kappa shape index (κ3) is 3.74. The molecule has 0 atom stereocenters. The highest BCUT2D eigenvalue weighted by atomic mass is 32.2. The van der Waals surface area contributed by atoms with Crippen molar-refractivity contribution < 1.29 is 4.79 Å². The first kappa shape index (κ1) is 16.3. The van der Waals surface area contributed by atoms with Gasteiger partial charge in [-0.25, -0.2) is 0 Å². The van der Waals surface area contributed by atoms with Gasteiger partial charge < -0.3 is 10.3 Å². The van der Waals surface area contributed by atoms with E-state index in [0.29, 0.717) is 12.3 Å². The first-order valence-corrected chi connectivity index (χ1v) is 9.84. The number of H-pyrrole nitrogens is 1. The summed E-state index contributed by atoms with van der Waals surface area (Å²) >= 11 is 1.63. The summed E-state index contributed by atoms with van der Waals surface area (Å²) < 4.78 is 0. The van der Waals surface area contributed by atoms with Crippen LogP contribution in [0.15, 0.2) is 53.6 Å². The maximum atomic E-state index is 12.1. The van der Waals surface area contributed by atoms with Gasteiger partial charge >= 0.3 is 0 Å². The number of amides is 1. The van der Waals surface area contributed by atoms with Crippen LogP contribution in [0, 0.1) is 0 Å². The number of nitrogens with one attached hydrogen (secondary N) is 2. The predicted octanol–water partition coefficient (Wildman–Crippen LogP) is 4.11. The molecule has 0 aliphatic heterocycles. The summed E-state index contributed by atoms with van der Waals surface area (Å²) in [6.45, 7) is 0.672. The lowest BCUT2D eigenvalue weighted by molar-refractivity contribution is -0.118. The number of thioether (sulfide) groups is 1. The number of carbonyl (C=O) groups excluding carboxylic acids is 1. The van der Waals surface area contributed by atoms with Crippen molar-refractivity contribution >= 4 is 28.6 Å². The third-order valence-electron chi connectivity index (χ3n) is 4.83. The second-order valence-corrected chi connectivity index (χ2v) is 7.58. The van der Waals surface area contributed by atoms with Crippen LogP contribution < -0.4 is 5.32 Å². The zero-order valence-electron chi connectivity index (χ0n) is 14.2. The Bertz CT molecular complexity index is 900. The van der Waals surface area contributed by atoms with Gasteiger partial charge in [0.25, 0.3) is 0 Å². The van der Waals surface area contributed by atoms with Crippen LogP contribution in [-0.2, 0) is 24.1 Å². The minimum absolute atomic E-state index is 0.102. The molecule has 1 aromatic heterocycles. The Kier molecular flexibility index (Phi) is 4.79. The molecule has 0 bridgehead atoms. The Morgan fingerprint density at radius 1 is 1.12 bits per heavy atom. The number of benzene rings is 2. The van der Waals surface area contributed by atoms with E-state index >= 15 is 0 Å². The predicted molar refractivity (Wildman–Crippen MR) is 104 cm³/mol. The highest BCUT2D eigenvalue weighted by molar-refractivity contribution is 8.00. The number of rotatable bonds is 6. The van der Waals surface area contributed by atoms with Gasteiger partial charge in [-0.3, -0.25) is 4.79 Å². The Morgan fingerprint density at radius 2 is 2.00 bits per heavy atom. The average molecular weight is 350 g/mol. The summed E-state index contributed by atoms with van der Waals surface area (Å²) in [5, 5.41) is 4.27. The number of hydrogen-bond donors (Lipinski definition) is 2. The molecule has 0 spiro atoms. The monoisotopic (exact) mass is 350 g/mol. The van der Waals surface area contributed by atoms with Gasteiger partial charge in [0.2, 0.25) is 5.91 Å². The Hall–Kier alpha value is -2.20. The molecule has 2 aromatic carbocycles. The molecule has 0 radical (unpaired) electrons. The van der Waals surface area contributed by atoms with Crippen molar-refractivity contribution in [2.24, 2.45) is 0 Å². The molecular weight excluding hydrogens is 328 g/mol. The molecule has 1 amide bonds. The summed E-state index contributed by atoms with van der Waals surface area (Å²) in [5.41, 5.74) is 5.34. The minimum atomic E-state index is 0.102. The van der Waals surface area contributed by atoms with E-state index in [4.69, 9.17) is 0 Å². The van der Waals surface area contributed by atoms with E-state index < -0.39 is 0 Å². The molecule has 0 unspecified atom stereocenters. The molecule has 0 fully saturated rings. The van der Waals surface area contributed by atoms with Crippen LogP contribution in [-0.4, -0.2) is 23.2 Å². The molecular formula is C21H22N2OS. The summed E-state index contributed by atoms with van der Waals surface area (Å²) in [4.78, 5) is 16.6. The van der Waals surface area contributed by atoms with Crippen LogP contribution in [0.3, 0.4) is 0 Å². The van der Waals surface area contributed by atoms with Gasteiger partial charge in [-0.05, 0) is 60.6 Å². The molecule has 1 aliphatic rings. The van der Waals surface area contributed by atoms with Gasteiger partial charge in [0.05, 0.1) is 5.75 Å². The smallest absolute Gasteiger partial charge is 0.230 e. The lowest BCUT2D eigenvalue weighted by Gasteiger charge is -2.06. The fourth-order valence-corrected chi connectivity index (χ4v) is 4.30. The fourth-order valence-electron chi connectivity index (χ4n) is 3.51. The highest BCUT2D eigenvalue weighted by Gasteiger charge is 2.11. The van der Waals surface area contributed by atoms with Gasteiger partial charge in [0, 0.05) is 28.5 Å². The maximum Gasteiger partial charge on any atom is 0.230 e. The van der Waals surface area contributed by atoms with E-state index in [0.717, 1.165) is 11.9 Å². The van der Waals surface area contributed by atoms with Crippen LogP contribution in [0.1, 0.15) is 23.1 Å². The van der Waals surface area contributed by atoms with E-state index in [2.05, 4.69) is 40.6 Å². The molecule has 3 nitrogen and oxygen atoms in total. The van der Waals surface area contributed by atoms with Crippen molar-refractivity contribution in [3.63, 3.8) is 0 Å². The van der Waals surface area contributed by atoms with Crippen molar-refractivity contribution in [3.8, 4) is 0 Å². The molecule has 1 heterocycles. The highest BCUT2D eigenvalue weighted by Crippen LogP contribution is 2.27. The lowest BCUT2D eigenvalue weighted by atomic mass is 10.1. The van der Waals surface area contributed by atoms with Crippen LogP contribution in [0.5, 0.6) is 0 Å². The van der Waals surface area contributed by atoms with E-state index in [9.17, 15) is 4.79 Å². The van der Waals surface area contributed by atoms with Crippen molar-refractivity contribution in [1.29, 1.82) is 0 Å². The van der Waals surface area contributed by atoms with Crippen molar-refractivity contribution in [2.45, 2.75) is 30.6 Å². The fraction of sp³-hybridized carbons (Fsp3) is 0.286. The number of aromatic nitrogens is 1. The zero-order valence-corrected chi connectivity index (χ0v) is 15.0. The molecule has 2 N–H and O–H groups in total. The van der Waals surface area contributed by atoms with E-state index in [1.54, 1.807) is 11.8 Å². The molecule has 25 heavy (non-hydrogen) atoms. The van der Waals surface area contributed by atoms with Gasteiger partial charge in [-0.2, -0.15) is 0 Å². The molecule has 0 saturated carbocycles. The average Bonchev–Trinajstić information content (AvgIpc) is 3.26. The number of para-hydroxylation sites is 1. The number of aryl methyl sites for hydroxylation is 2. The maximum absolute atomic E-state index is 12.1. The van der Waals surface area contributed by atoms with E-state index in [1.165, 1.54) is 46.2 Å². The topological polar surface area (TPSA) is 44.9 Å². The van der Waals surface area contributed by atoms with Gasteiger partial charge in [-0.1, -0.05) is 24.3 Å². The SMILES string of the molecule is O=C(CSc1ccc2c(c1)CCC2)NCCc1c[nH]c2ccccc12. The number of fused-ring (bicyclic) bond motifs is 2. The molecule has 0 saturated heterocycles. The van der Waals surface area contributed by atoms with E-state index in [-0.39, 0.29) is 5.91 Å². The Balaban J connectivity index is 1.25. The molecule has 128 valence electrons. The normalized spacial score (nSPS) is 13.1. The first-order valence-electron chi connectivity index (χ1n) is 8.86. The van der Waals surface area contributed by atoms with E-state index in [1.807, 2.05) is 18.3 Å². The van der Waals surface area contributed by atoms with Gasteiger partial charge in [-0.15, -0.1) is 11.8 Å². The summed E-state index contributed by atoms with van der Waals surface area (Å²) in [7, 11) is 0. The van der Waals surface area contributed by atoms with Gasteiger partial charge in [0.15, 0.2) is 0 Å². The largest absolute Gasteiger partial charge is 0.361 e.